The first-order valence-corrected chi connectivity index (χ1v) is 5.76. The predicted octanol–water partition coefficient (Wildman–Crippen LogP) is 1.93. The number of hydrogen-bond donors (Lipinski definition) is 2. The summed E-state index contributed by atoms with van der Waals surface area (Å²) >= 11 is 0. The van der Waals surface area contributed by atoms with Crippen molar-refractivity contribution in [2.75, 3.05) is 19.0 Å². The predicted molar refractivity (Wildman–Crippen MR) is 68.0 cm³/mol. The molecule has 6 nitrogen and oxygen atoms in total. The number of methoxy groups -OCH3 is 1. The number of nitrogens with one attached hydrogen (secondary N) is 2. The molecule has 18 heavy (non-hydrogen) atoms. The van der Waals surface area contributed by atoms with Crippen LogP contribution in [0, 0.1) is 0 Å². The van der Waals surface area contributed by atoms with Gasteiger partial charge in [0, 0.05) is 5.69 Å². The minimum atomic E-state index is 0.382. The molecule has 0 aliphatic heterocycles. The third-order valence-electron chi connectivity index (χ3n) is 2.33. The highest BCUT2D eigenvalue weighted by atomic mass is 16.5. The molecule has 0 spiro atoms. The zero-order valence-electron chi connectivity index (χ0n) is 10.4. The summed E-state index contributed by atoms with van der Waals surface area (Å²) < 4.78 is 10.5. The molecular formula is C12H16N4O2. The van der Waals surface area contributed by atoms with E-state index < -0.39 is 0 Å². The topological polar surface area (TPSA) is 72.2 Å². The summed E-state index contributed by atoms with van der Waals surface area (Å²) in [6.07, 6.45) is 0. The molecule has 0 unspecified atom stereocenters. The molecule has 2 aromatic rings. The van der Waals surface area contributed by atoms with Gasteiger partial charge in [-0.1, -0.05) is 12.0 Å². The van der Waals surface area contributed by atoms with Crippen LogP contribution in [0.1, 0.15) is 12.8 Å². The molecule has 0 radical (unpaired) electrons. The van der Waals surface area contributed by atoms with Crippen molar-refractivity contribution in [3.05, 3.63) is 30.2 Å². The molecule has 0 aliphatic rings. The number of benzene rings is 1. The monoisotopic (exact) mass is 248 g/mol. The van der Waals surface area contributed by atoms with Crippen molar-refractivity contribution in [2.24, 2.45) is 0 Å². The van der Waals surface area contributed by atoms with E-state index in [1.54, 1.807) is 7.11 Å². The molecule has 96 valence electrons. The van der Waals surface area contributed by atoms with Crippen LogP contribution in [0.2, 0.25) is 0 Å². The summed E-state index contributed by atoms with van der Waals surface area (Å²) in [6, 6.07) is 7.87. The molecule has 0 aliphatic carbocycles. The Labute approximate surface area is 105 Å². The summed E-state index contributed by atoms with van der Waals surface area (Å²) in [4.78, 5) is 0. The zero-order valence-corrected chi connectivity index (χ0v) is 10.4. The fourth-order valence-corrected chi connectivity index (χ4v) is 1.41. The van der Waals surface area contributed by atoms with E-state index in [0.29, 0.717) is 18.5 Å². The maximum absolute atomic E-state index is 5.42. The molecule has 1 aromatic heterocycles. The fourth-order valence-electron chi connectivity index (χ4n) is 1.41. The molecule has 6 heteroatoms. The smallest absolute Gasteiger partial charge is 0.320 e. The van der Waals surface area contributed by atoms with Gasteiger partial charge in [-0.2, -0.15) is 0 Å². The van der Waals surface area contributed by atoms with E-state index in [1.807, 2.05) is 31.2 Å². The van der Waals surface area contributed by atoms with Gasteiger partial charge in [-0.3, -0.25) is 0 Å². The van der Waals surface area contributed by atoms with Crippen molar-refractivity contribution in [1.82, 2.24) is 15.5 Å². The number of nitrogens with zero attached hydrogens (tertiary/aromatic N) is 2. The minimum absolute atomic E-state index is 0.382. The highest BCUT2D eigenvalue weighted by Crippen LogP contribution is 2.18. The lowest BCUT2D eigenvalue weighted by Gasteiger charge is -2.02. The van der Waals surface area contributed by atoms with Gasteiger partial charge in [0.15, 0.2) is 0 Å². The van der Waals surface area contributed by atoms with Crippen molar-refractivity contribution in [2.45, 2.75) is 13.5 Å². The van der Waals surface area contributed by atoms with E-state index in [0.717, 1.165) is 18.0 Å². The number of anilines is 2. The summed E-state index contributed by atoms with van der Waals surface area (Å²) in [5.41, 5.74) is 0.870. The summed E-state index contributed by atoms with van der Waals surface area (Å²) in [7, 11) is 1.63. The van der Waals surface area contributed by atoms with Crippen LogP contribution in [-0.2, 0) is 6.54 Å². The molecule has 0 saturated heterocycles. The van der Waals surface area contributed by atoms with E-state index in [4.69, 9.17) is 9.15 Å². The Balaban J connectivity index is 1.97. The summed E-state index contributed by atoms with van der Waals surface area (Å²) in [5.74, 6) is 1.37. The Morgan fingerprint density at radius 1 is 1.22 bits per heavy atom. The lowest BCUT2D eigenvalue weighted by Crippen LogP contribution is -2.11. The van der Waals surface area contributed by atoms with Crippen molar-refractivity contribution < 1.29 is 9.15 Å². The standard InChI is InChI=1S/C12H16N4O2/c1-3-13-8-11-15-16-12(18-11)14-9-4-6-10(17-2)7-5-9/h4-7,13H,3,8H2,1-2H3,(H,14,16). The number of ether oxygens (including phenoxy) is 1. The van der Waals surface area contributed by atoms with Gasteiger partial charge in [0.25, 0.3) is 0 Å². The number of rotatable bonds is 6. The van der Waals surface area contributed by atoms with Gasteiger partial charge < -0.3 is 19.8 Å². The van der Waals surface area contributed by atoms with Gasteiger partial charge in [-0.05, 0) is 30.8 Å². The highest BCUT2D eigenvalue weighted by molar-refractivity contribution is 5.53. The largest absolute Gasteiger partial charge is 0.497 e. The Morgan fingerprint density at radius 2 is 2.00 bits per heavy atom. The molecular weight excluding hydrogens is 232 g/mol. The quantitative estimate of drug-likeness (QED) is 0.813. The first-order valence-electron chi connectivity index (χ1n) is 5.76. The third-order valence-corrected chi connectivity index (χ3v) is 2.33. The maximum Gasteiger partial charge on any atom is 0.320 e. The van der Waals surface area contributed by atoms with E-state index in [1.165, 1.54) is 0 Å². The Morgan fingerprint density at radius 3 is 2.67 bits per heavy atom. The van der Waals surface area contributed by atoms with E-state index >= 15 is 0 Å². The first-order chi connectivity index (χ1) is 8.81. The Hall–Kier alpha value is -2.08. The first kappa shape index (κ1) is 12.4. The Bertz CT molecular complexity index is 481. The van der Waals surface area contributed by atoms with Crippen molar-refractivity contribution in [1.29, 1.82) is 0 Å². The second kappa shape index (κ2) is 6.02. The van der Waals surface area contributed by atoms with Gasteiger partial charge in [-0.25, -0.2) is 0 Å². The average molecular weight is 248 g/mol. The van der Waals surface area contributed by atoms with Crippen molar-refractivity contribution in [3.8, 4) is 5.75 Å². The highest BCUT2D eigenvalue weighted by Gasteiger charge is 2.05. The van der Waals surface area contributed by atoms with Crippen LogP contribution in [0.15, 0.2) is 28.7 Å². The molecule has 2 N–H and O–H groups in total. The normalized spacial score (nSPS) is 10.3. The van der Waals surface area contributed by atoms with E-state index in [-0.39, 0.29) is 0 Å². The van der Waals surface area contributed by atoms with Gasteiger partial charge >= 0.3 is 6.01 Å². The van der Waals surface area contributed by atoms with Crippen LogP contribution in [0.3, 0.4) is 0 Å². The van der Waals surface area contributed by atoms with Crippen LogP contribution in [0.25, 0.3) is 0 Å². The number of hydrogen-bond acceptors (Lipinski definition) is 6. The maximum atomic E-state index is 5.42. The average Bonchev–Trinajstić information content (AvgIpc) is 2.85. The van der Waals surface area contributed by atoms with Gasteiger partial charge in [-0.15, -0.1) is 5.10 Å². The SMILES string of the molecule is CCNCc1nnc(Nc2ccc(OC)cc2)o1. The van der Waals surface area contributed by atoms with Crippen LogP contribution < -0.4 is 15.4 Å². The fraction of sp³-hybridized carbons (Fsp3) is 0.333. The Kier molecular flexibility index (Phi) is 4.14. The summed E-state index contributed by atoms with van der Waals surface area (Å²) in [6.45, 7) is 3.46. The van der Waals surface area contributed by atoms with Gasteiger partial charge in [0.05, 0.1) is 13.7 Å². The second-order valence-corrected chi connectivity index (χ2v) is 3.63. The van der Waals surface area contributed by atoms with Crippen LogP contribution in [0.5, 0.6) is 5.75 Å². The lowest BCUT2D eigenvalue weighted by atomic mass is 10.3. The van der Waals surface area contributed by atoms with Gasteiger partial charge in [0.1, 0.15) is 5.75 Å². The van der Waals surface area contributed by atoms with E-state index in [2.05, 4.69) is 20.8 Å². The van der Waals surface area contributed by atoms with Crippen LogP contribution >= 0.6 is 0 Å². The molecule has 0 fully saturated rings. The van der Waals surface area contributed by atoms with Crippen molar-refractivity contribution >= 4 is 11.7 Å². The summed E-state index contributed by atoms with van der Waals surface area (Å²) in [5, 5.41) is 14.0. The van der Waals surface area contributed by atoms with Crippen LogP contribution in [-0.4, -0.2) is 23.9 Å². The molecule has 0 bridgehead atoms. The molecule has 1 heterocycles. The van der Waals surface area contributed by atoms with Crippen LogP contribution in [0.4, 0.5) is 11.7 Å². The molecule has 2 rings (SSSR count). The van der Waals surface area contributed by atoms with E-state index in [9.17, 15) is 0 Å². The third kappa shape index (κ3) is 3.21. The lowest BCUT2D eigenvalue weighted by molar-refractivity contribution is 0.415. The minimum Gasteiger partial charge on any atom is -0.497 e. The molecule has 1 aromatic carbocycles. The molecule has 0 amide bonds. The van der Waals surface area contributed by atoms with Crippen molar-refractivity contribution in [3.63, 3.8) is 0 Å². The number of aromatic nitrogens is 2. The molecule has 0 saturated carbocycles. The zero-order chi connectivity index (χ0) is 12.8. The van der Waals surface area contributed by atoms with Gasteiger partial charge in [0.2, 0.25) is 5.89 Å². The molecule has 0 atom stereocenters. The second-order valence-electron chi connectivity index (χ2n) is 3.63.